The number of rotatable bonds is 6. The molecule has 30 heavy (non-hydrogen) atoms. The molecule has 0 bridgehead atoms. The number of benzene rings is 3. The summed E-state index contributed by atoms with van der Waals surface area (Å²) in [7, 11) is -1.75. The van der Waals surface area contributed by atoms with Gasteiger partial charge in [-0.15, -0.1) is 11.6 Å². The fraction of sp³-hybridized carbons (Fsp3) is 0.208. The number of carboxylic acids is 1. The maximum absolute atomic E-state index is 11.9. The predicted octanol–water partition coefficient (Wildman–Crippen LogP) is 4.31. The van der Waals surface area contributed by atoms with E-state index in [2.05, 4.69) is 0 Å². The first kappa shape index (κ1) is 21.9. The van der Waals surface area contributed by atoms with Crippen molar-refractivity contribution >= 4 is 37.0 Å². The maximum atomic E-state index is 11.9. The van der Waals surface area contributed by atoms with Gasteiger partial charge in [0.15, 0.2) is 0 Å². The molecule has 0 aromatic heterocycles. The Labute approximate surface area is 183 Å². The molecule has 0 atom stereocenters. The highest BCUT2D eigenvalue weighted by atomic mass is 35.5. The molecule has 0 aliphatic heterocycles. The summed E-state index contributed by atoms with van der Waals surface area (Å²) in [6.07, 6.45) is 0. The van der Waals surface area contributed by atoms with Crippen LogP contribution in [0.25, 0.3) is 0 Å². The fourth-order valence-electron chi connectivity index (χ4n) is 3.31. The van der Waals surface area contributed by atoms with Gasteiger partial charge in [0, 0.05) is 11.1 Å². The lowest BCUT2D eigenvalue weighted by molar-refractivity contribution is 0.0692. The van der Waals surface area contributed by atoms with Gasteiger partial charge < -0.3 is 14.6 Å². The highest BCUT2D eigenvalue weighted by Gasteiger charge is 2.31. The van der Waals surface area contributed by atoms with Gasteiger partial charge in [-0.1, -0.05) is 81.4 Å². The second kappa shape index (κ2) is 8.94. The van der Waals surface area contributed by atoms with Crippen molar-refractivity contribution < 1.29 is 19.4 Å². The average Bonchev–Trinajstić information content (AvgIpc) is 2.72. The number of carbonyl (C=O) groups is 1. The van der Waals surface area contributed by atoms with Crippen LogP contribution in [-0.2, 0) is 11.3 Å². The molecule has 0 saturated heterocycles. The summed E-state index contributed by atoms with van der Waals surface area (Å²) in [5, 5.41) is 22.2. The monoisotopic (exact) mass is 439 g/mol. The van der Waals surface area contributed by atoms with Crippen LogP contribution in [-0.4, -0.2) is 25.2 Å². The Hall–Kier alpha value is -2.76. The molecular formula is C24H24ClO4Si. The Morgan fingerprint density at radius 1 is 1.00 bits per heavy atom. The van der Waals surface area contributed by atoms with Crippen LogP contribution in [0.2, 0.25) is 0 Å². The molecule has 3 rings (SSSR count). The van der Waals surface area contributed by atoms with Crippen LogP contribution in [0.1, 0.15) is 42.3 Å². The zero-order valence-corrected chi connectivity index (χ0v) is 18.9. The number of phenols is 1. The summed E-state index contributed by atoms with van der Waals surface area (Å²) in [6.45, 7) is 5.97. The third-order valence-electron chi connectivity index (χ3n) is 4.79. The minimum atomic E-state index is -1.75. The van der Waals surface area contributed by atoms with E-state index in [9.17, 15) is 15.0 Å². The van der Waals surface area contributed by atoms with Gasteiger partial charge in [0.1, 0.15) is 17.1 Å². The molecule has 0 fully saturated rings. The van der Waals surface area contributed by atoms with E-state index in [4.69, 9.17) is 16.0 Å². The molecule has 3 aromatic rings. The summed E-state index contributed by atoms with van der Waals surface area (Å²) in [4.78, 5) is 11.9. The van der Waals surface area contributed by atoms with Crippen LogP contribution in [0, 0.1) is 0 Å². The number of hydrogen-bond donors (Lipinski definition) is 2. The lowest BCUT2D eigenvalue weighted by atomic mass is 9.84. The molecule has 0 unspecified atom stereocenters. The van der Waals surface area contributed by atoms with Crippen molar-refractivity contribution in [1.82, 2.24) is 0 Å². The highest BCUT2D eigenvalue weighted by molar-refractivity contribution is 6.80. The number of carboxylic acid groups (broad SMARTS) is 1. The van der Waals surface area contributed by atoms with Crippen LogP contribution in [0.4, 0.5) is 0 Å². The SMILES string of the molecule is CC(C)(C)c1cc(O)c(C(=O)O)c(CCl)c1O[Si](c1ccccc1)c1ccccc1. The van der Waals surface area contributed by atoms with Crippen molar-refractivity contribution in [1.29, 1.82) is 0 Å². The summed E-state index contributed by atoms with van der Waals surface area (Å²) in [5.74, 6) is -1.19. The van der Waals surface area contributed by atoms with E-state index in [1.54, 1.807) is 0 Å². The Balaban J connectivity index is 2.26. The second-order valence-electron chi connectivity index (χ2n) is 7.98. The third-order valence-corrected chi connectivity index (χ3v) is 7.18. The van der Waals surface area contributed by atoms with E-state index in [0.717, 1.165) is 15.9 Å². The summed E-state index contributed by atoms with van der Waals surface area (Å²) in [6, 6.07) is 21.3. The van der Waals surface area contributed by atoms with Crippen molar-refractivity contribution in [2.45, 2.75) is 32.1 Å². The van der Waals surface area contributed by atoms with E-state index in [1.165, 1.54) is 6.07 Å². The minimum Gasteiger partial charge on any atom is -0.532 e. The van der Waals surface area contributed by atoms with E-state index in [0.29, 0.717) is 11.3 Å². The topological polar surface area (TPSA) is 66.8 Å². The highest BCUT2D eigenvalue weighted by Crippen LogP contribution is 2.41. The quantitative estimate of drug-likeness (QED) is 0.443. The molecular weight excluding hydrogens is 416 g/mol. The van der Waals surface area contributed by atoms with Gasteiger partial charge in [-0.3, -0.25) is 0 Å². The molecule has 0 saturated carbocycles. The van der Waals surface area contributed by atoms with Crippen molar-refractivity contribution in [2.75, 3.05) is 0 Å². The predicted molar refractivity (Wildman–Crippen MR) is 122 cm³/mol. The third kappa shape index (κ3) is 4.53. The molecule has 6 heteroatoms. The molecule has 155 valence electrons. The zero-order chi connectivity index (χ0) is 21.9. The molecule has 0 heterocycles. The number of aromatic carboxylic acids is 1. The smallest absolute Gasteiger partial charge is 0.352 e. The van der Waals surface area contributed by atoms with Gasteiger partial charge in [0.25, 0.3) is 0 Å². The van der Waals surface area contributed by atoms with Gasteiger partial charge in [-0.2, -0.15) is 0 Å². The summed E-state index contributed by atoms with van der Waals surface area (Å²) in [5.41, 5.74) is 0.402. The van der Waals surface area contributed by atoms with Crippen molar-refractivity contribution in [3.05, 3.63) is 83.4 Å². The van der Waals surface area contributed by atoms with Crippen LogP contribution < -0.4 is 14.8 Å². The van der Waals surface area contributed by atoms with Gasteiger partial charge in [0.2, 0.25) is 0 Å². The van der Waals surface area contributed by atoms with E-state index < -0.39 is 20.4 Å². The largest absolute Gasteiger partial charge is 0.532 e. The van der Waals surface area contributed by atoms with Crippen molar-refractivity contribution in [3.63, 3.8) is 0 Å². The Kier molecular flexibility index (Phi) is 6.54. The van der Waals surface area contributed by atoms with Crippen molar-refractivity contribution in [3.8, 4) is 11.5 Å². The number of alkyl halides is 1. The summed E-state index contributed by atoms with van der Waals surface area (Å²) < 4.78 is 6.66. The standard InChI is InChI=1S/C24H24ClO4Si/c1-24(2,3)19-14-20(26)21(23(27)28)18(15-25)22(19)29-30(16-10-6-4-7-11-16)17-12-8-5-9-13-17/h4-14,26H,15H2,1-3H3,(H,27,28). The van der Waals surface area contributed by atoms with Gasteiger partial charge in [-0.25, -0.2) is 4.79 Å². The van der Waals surface area contributed by atoms with Crippen LogP contribution in [0.5, 0.6) is 11.5 Å². The fourth-order valence-corrected chi connectivity index (χ4v) is 5.56. The van der Waals surface area contributed by atoms with E-state index in [-0.39, 0.29) is 17.2 Å². The molecule has 4 nitrogen and oxygen atoms in total. The van der Waals surface area contributed by atoms with Gasteiger partial charge in [0.05, 0.1) is 5.88 Å². The maximum Gasteiger partial charge on any atom is 0.352 e. The van der Waals surface area contributed by atoms with Gasteiger partial charge in [-0.05, 0) is 21.9 Å². The first-order valence-electron chi connectivity index (χ1n) is 9.58. The number of aromatic hydroxyl groups is 1. The first-order chi connectivity index (χ1) is 14.2. The normalized spacial score (nSPS) is 11.5. The lowest BCUT2D eigenvalue weighted by Gasteiger charge is -2.29. The Morgan fingerprint density at radius 2 is 1.50 bits per heavy atom. The van der Waals surface area contributed by atoms with Crippen molar-refractivity contribution in [2.24, 2.45) is 0 Å². The average molecular weight is 440 g/mol. The van der Waals surface area contributed by atoms with Crippen LogP contribution in [0.15, 0.2) is 66.7 Å². The zero-order valence-electron chi connectivity index (χ0n) is 17.1. The van der Waals surface area contributed by atoms with Crippen LogP contribution in [0.3, 0.4) is 0 Å². The van der Waals surface area contributed by atoms with Crippen LogP contribution >= 0.6 is 11.6 Å². The lowest BCUT2D eigenvalue weighted by Crippen LogP contribution is -2.48. The second-order valence-corrected chi connectivity index (χ2v) is 10.3. The molecule has 0 aliphatic carbocycles. The number of hydrogen-bond acceptors (Lipinski definition) is 3. The Morgan fingerprint density at radius 3 is 1.90 bits per heavy atom. The van der Waals surface area contributed by atoms with E-state index >= 15 is 0 Å². The molecule has 0 amide bonds. The Bertz CT molecular complexity index is 991. The van der Waals surface area contributed by atoms with Gasteiger partial charge >= 0.3 is 15.0 Å². The molecule has 0 aliphatic rings. The number of halogens is 1. The molecule has 1 radical (unpaired) electrons. The summed E-state index contributed by atoms with van der Waals surface area (Å²) >= 11 is 6.21. The molecule has 2 N–H and O–H groups in total. The molecule has 3 aromatic carbocycles. The van der Waals surface area contributed by atoms with E-state index in [1.807, 2.05) is 81.4 Å². The molecule has 0 spiro atoms. The first-order valence-corrected chi connectivity index (χ1v) is 11.5. The minimum absolute atomic E-state index is 0.0901.